The SMILES string of the molecule is [B].[B].[B].[B].[B].[B].[B].[B].[B].[B].[B].[B].[B].[B].[Cu].[Cu].[Cu].[Cu].[Cu].[Cu].[Cu].[Cu].[Cu].[Cu].[Cu].[Cu].[Cu].[Cu].[Fe].[Fe].[Fe].[Fe].[Fe].[Fe].[Fe].[Fe].[Fe].[Fe].[Fe].[Fe].[Fe].[Fe].[In].[In].[In].[In].[In].[In].[In].[In].[In].[In].[In].[In].[In].[In].[Ni].[Ni].[Ni].[Ni].[Ni].[Ni].[Ni].[Ni].[Ni].[Ni].[Ni].[Ni].[Ni].[Ni].[Ni].[Ni].[Ni].[Ni].[Ni].[Ni].[Ni].[Ni].[Ni].[Ni].[Ni].[Ni].[Ni].[Ni].[Ni].[Ni].[Si].[Si].[Si].[Si].[Si].[Si].[Si].[Si].[Si].[Si].[Si].[Si].[Si].[Si].[Zn].[Zn].[Zn].[Zn].[Zn].[Zn].[Zn].[Zn].[Zn].[Zn].[Zn].[Zn].[Zn].[Zn]. The quantitative estimate of drug-likeness (QED) is 0.212. The van der Waals surface area contributed by atoms with E-state index in [0.717, 1.165) is 0 Å². The molecule has 0 saturated carbocycles. The van der Waals surface area contributed by atoms with Crippen LogP contribution in [0, 0.1) is 0 Å². The molecule has 0 bridgehead atoms. The van der Waals surface area contributed by atoms with Gasteiger partial charge in [0, 0.05) is 1880 Å². The summed E-state index contributed by atoms with van der Waals surface area (Å²) in [5, 5.41) is 0. The van der Waals surface area contributed by atoms with Crippen LogP contribution >= 0.6 is 0 Å². The molecule has 0 aliphatic rings. The third-order valence-electron chi connectivity index (χ3n) is 0. The Bertz CT molecular complexity index is 312. The number of hydrogen-bond donors (Lipinski definition) is 0. The van der Waals surface area contributed by atoms with Crippen molar-refractivity contribution in [3.8, 4) is 0 Å². The second-order valence-electron chi connectivity index (χ2n) is 0. The Hall–Kier alpha value is 54.2. The van der Waals surface area contributed by atoms with Crippen LogP contribution in [0.15, 0.2) is 0 Å². The minimum absolute atomic E-state index is 0. The summed E-state index contributed by atoms with van der Waals surface area (Å²) in [7, 11) is 0. The van der Waals surface area contributed by atoms with Crippen LogP contribution in [-0.2, 0) is 1250 Å². The first kappa shape index (κ1) is 1600. The van der Waals surface area contributed by atoms with Crippen LogP contribution < -0.4 is 0 Å². The van der Waals surface area contributed by atoms with Gasteiger partial charge in [-0.2, -0.15) is 0 Å². The number of rotatable bonds is 0. The third kappa shape index (κ3) is 1540. The molecule has 0 amide bonds. The average Bonchev–Trinajstić information content (AvgIpc) is 0. The molecule has 0 N–H and O–H groups in total. The third-order valence-corrected chi connectivity index (χ3v) is 0. The van der Waals surface area contributed by atoms with E-state index in [1.807, 2.05) is 0 Å². The van der Waals surface area contributed by atoms with Gasteiger partial charge in [-0.15, -0.1) is 0 Å². The van der Waals surface area contributed by atoms with E-state index in [2.05, 4.69) is 0 Å². The molecule has 0 aromatic heterocycles. The first-order valence-corrected chi connectivity index (χ1v) is 0. The van der Waals surface area contributed by atoms with Gasteiger partial charge in [-0.25, -0.2) is 0 Å². The Morgan fingerprint density at radius 2 is 0.0614 bits per heavy atom. The fourth-order valence-electron chi connectivity index (χ4n) is 0. The molecule has 0 saturated heterocycles. The van der Waals surface area contributed by atoms with Crippen molar-refractivity contribution in [2.24, 2.45) is 0 Å². The van der Waals surface area contributed by atoms with E-state index in [9.17, 15) is 0 Å². The Balaban J connectivity index is 0. The molecule has 0 atom stereocenters. The Labute approximate surface area is 1830 Å². The van der Waals surface area contributed by atoms with Crippen molar-refractivity contribution in [2.75, 3.05) is 0 Å². The van der Waals surface area contributed by atoms with Crippen molar-refractivity contribution in [3.05, 3.63) is 0 Å². The van der Waals surface area contributed by atoms with Gasteiger partial charge in [0.1, 0.15) is 0 Å². The van der Waals surface area contributed by atoms with Crippen LogP contribution in [0.4, 0.5) is 0 Å². The van der Waals surface area contributed by atoms with Gasteiger partial charge in [-0.3, -0.25) is 0 Å². The summed E-state index contributed by atoms with van der Waals surface area (Å²) in [5.41, 5.74) is 0. The molecule has 0 aliphatic carbocycles. The fraction of sp³-hybridized carbons (Fsp3) is 0. The van der Waals surface area contributed by atoms with Crippen LogP contribution in [0.25, 0.3) is 0 Å². The summed E-state index contributed by atoms with van der Waals surface area (Å²) in [6, 6.07) is 0. The minimum Gasteiger partial charge on any atom is 0 e. The number of hydrogen-bond acceptors (Lipinski definition) is 0. The molecule has 0 aromatic carbocycles. The monoisotopic (exact) mass is 6450 g/mol. The van der Waals surface area contributed by atoms with E-state index >= 15 is 0 Å². The van der Waals surface area contributed by atoms with Crippen molar-refractivity contribution in [1.29, 1.82) is 0 Å². The zero-order chi connectivity index (χ0) is 0. The van der Waals surface area contributed by atoms with E-state index in [4.69, 9.17) is 0 Å². The first-order chi connectivity index (χ1) is 0. The molecule has 0 aliphatic heterocycles. The predicted molar refractivity (Wildman–Crippen MR) is 242 cm³/mol. The standard InChI is InChI=1S/14B.14Cu.14Fe.14In.30Ni.14Si.14Zn. The smallest absolute Gasteiger partial charge is 0 e. The molecule has 0 rings (SSSR count). The van der Waals surface area contributed by atoms with Crippen molar-refractivity contribution in [1.82, 2.24) is 0 Å². The summed E-state index contributed by atoms with van der Waals surface area (Å²) in [4.78, 5) is 0. The molecule has 0 fully saturated rings. The van der Waals surface area contributed by atoms with Crippen molar-refractivity contribution in [2.45, 2.75) is 0 Å². The predicted octanol–water partition coefficient (Wildman–Crippen LogP) is -16.2. The molecule has 0 heterocycles. The van der Waals surface area contributed by atoms with Crippen molar-refractivity contribution in [3.63, 3.8) is 0 Å². The maximum atomic E-state index is 0. The zero-order valence-corrected chi connectivity index (χ0v) is 212. The van der Waals surface area contributed by atoms with E-state index in [0.29, 0.717) is 0 Å². The van der Waals surface area contributed by atoms with E-state index in [-0.39, 0.29) is 1880 Å². The van der Waals surface area contributed by atoms with Gasteiger partial charge >= 0.3 is 0 Å². The summed E-state index contributed by atoms with van der Waals surface area (Å²) in [6.45, 7) is 0. The van der Waals surface area contributed by atoms with Gasteiger partial charge in [0.05, 0.1) is 0 Å². The average molecular weight is 6500 g/mol. The van der Waals surface area contributed by atoms with E-state index in [1.165, 1.54) is 0 Å². The Kier molecular flexibility index (Phi) is 22100. The summed E-state index contributed by atoms with van der Waals surface area (Å²) >= 11 is 0. The molecule has 734 valence electrons. The molecule has 0 nitrogen and oxygen atoms in total. The van der Waals surface area contributed by atoms with Crippen LogP contribution in [0.3, 0.4) is 0 Å². The topological polar surface area (TPSA) is 0 Å². The maximum absolute atomic E-state index is 0. The van der Waals surface area contributed by atoms with Gasteiger partial charge in [0.2, 0.25) is 0 Å². The molecule has 114 heteroatoms. The van der Waals surface area contributed by atoms with Crippen LogP contribution in [0.1, 0.15) is 0 Å². The van der Waals surface area contributed by atoms with Crippen molar-refractivity contribution >= 4 is 633 Å². The summed E-state index contributed by atoms with van der Waals surface area (Å²) in [6.07, 6.45) is 0. The van der Waals surface area contributed by atoms with E-state index < -0.39 is 0 Å². The van der Waals surface area contributed by atoms with Crippen LogP contribution in [0.5, 0.6) is 0 Å². The molecular formula is B14Cu14Fe14In14Ni30Si14Zn14. The second-order valence-corrected chi connectivity index (χ2v) is 0. The summed E-state index contributed by atoms with van der Waals surface area (Å²) < 4.78 is 0. The fourth-order valence-corrected chi connectivity index (χ4v) is 0. The Morgan fingerprint density at radius 1 is 0.0614 bits per heavy atom. The van der Waals surface area contributed by atoms with Gasteiger partial charge in [0.25, 0.3) is 0 Å². The molecular weight excluding hydrogens is 6500 g/mol. The largest absolute Gasteiger partial charge is 0 e. The van der Waals surface area contributed by atoms with Gasteiger partial charge < -0.3 is 0 Å². The molecule has 0 unspecified atom stereocenters. The van der Waals surface area contributed by atoms with Gasteiger partial charge in [-0.05, 0) is 0 Å². The van der Waals surface area contributed by atoms with Crippen molar-refractivity contribution < 1.29 is 1250 Å². The maximum Gasteiger partial charge on any atom is 0 e. The first-order valence-electron chi connectivity index (χ1n) is 0. The summed E-state index contributed by atoms with van der Waals surface area (Å²) in [5.74, 6) is 0. The van der Waals surface area contributed by atoms with Crippen LogP contribution in [-0.4, -0.2) is 633 Å². The minimum atomic E-state index is 0. The van der Waals surface area contributed by atoms with Crippen LogP contribution in [0.2, 0.25) is 0 Å². The van der Waals surface area contributed by atoms with Gasteiger partial charge in [-0.1, -0.05) is 0 Å². The zero-order valence-electron chi connectivity index (χ0n) is 51.7. The molecule has 154 radical (unpaired) electrons. The van der Waals surface area contributed by atoms with E-state index in [1.54, 1.807) is 0 Å². The Morgan fingerprint density at radius 3 is 0.0614 bits per heavy atom. The normalized spacial score (nSPS) is 0. The van der Waals surface area contributed by atoms with Gasteiger partial charge in [0.15, 0.2) is 0 Å². The molecule has 0 spiro atoms. The second kappa shape index (κ2) is 1570. The molecule has 0 aromatic rings. The molecule has 114 heavy (non-hydrogen) atoms.